The number of fused-ring (bicyclic) bond motifs is 1. The molecule has 4 heteroatoms. The average molecular weight is 189 g/mol. The van der Waals surface area contributed by atoms with Crippen LogP contribution >= 0.6 is 0 Å². The molecule has 72 valence electrons. The van der Waals surface area contributed by atoms with Crippen LogP contribution in [0.2, 0.25) is 0 Å². The Morgan fingerprint density at radius 3 is 3.14 bits per heavy atom. The quantitative estimate of drug-likeness (QED) is 0.687. The molecule has 4 nitrogen and oxygen atoms in total. The fourth-order valence-corrected chi connectivity index (χ4v) is 1.41. The molecule has 2 heterocycles. The number of hydrogen-bond acceptors (Lipinski definition) is 3. The van der Waals surface area contributed by atoms with Crippen LogP contribution in [0.4, 0.5) is 0 Å². The van der Waals surface area contributed by atoms with Crippen LogP contribution < -0.4 is 0 Å². The minimum absolute atomic E-state index is 0.422. The highest BCUT2D eigenvalue weighted by Crippen LogP contribution is 2.05. The summed E-state index contributed by atoms with van der Waals surface area (Å²) in [5, 5.41) is 4.06. The van der Waals surface area contributed by atoms with E-state index in [1.165, 1.54) is 0 Å². The van der Waals surface area contributed by atoms with Crippen molar-refractivity contribution in [2.75, 3.05) is 0 Å². The smallest absolute Gasteiger partial charge is 0.170 e. The first-order chi connectivity index (χ1) is 6.83. The summed E-state index contributed by atoms with van der Waals surface area (Å²) >= 11 is 0. The minimum atomic E-state index is 0.422. The van der Waals surface area contributed by atoms with E-state index in [4.69, 9.17) is 0 Å². The summed E-state index contributed by atoms with van der Waals surface area (Å²) in [5.74, 6) is 0. The van der Waals surface area contributed by atoms with E-state index in [1.54, 1.807) is 10.6 Å². The molecule has 0 aliphatic rings. The Hall–Kier alpha value is -1.71. The van der Waals surface area contributed by atoms with E-state index in [2.05, 4.69) is 17.0 Å². The van der Waals surface area contributed by atoms with Crippen LogP contribution in [0, 0.1) is 0 Å². The Bertz CT molecular complexity index is 461. The standard InChI is InChI=1S/C10H11N3O/c1-2-3-8-5-11-10-4-9(7-14)12-13(10)6-8/h4-7H,2-3H2,1H3. The average Bonchev–Trinajstić information content (AvgIpc) is 2.60. The summed E-state index contributed by atoms with van der Waals surface area (Å²) in [7, 11) is 0. The number of aryl methyl sites for hydroxylation is 1. The van der Waals surface area contributed by atoms with Crippen LogP contribution in [0.1, 0.15) is 29.4 Å². The normalized spacial score (nSPS) is 10.6. The molecule has 0 aliphatic heterocycles. The van der Waals surface area contributed by atoms with E-state index in [1.807, 2.05) is 12.4 Å². The summed E-state index contributed by atoms with van der Waals surface area (Å²) in [4.78, 5) is 14.7. The maximum atomic E-state index is 10.5. The molecule has 0 amide bonds. The van der Waals surface area contributed by atoms with Gasteiger partial charge in [-0.3, -0.25) is 4.79 Å². The van der Waals surface area contributed by atoms with Crippen LogP contribution in [0.15, 0.2) is 18.5 Å². The molecule has 0 N–H and O–H groups in total. The lowest BCUT2D eigenvalue weighted by Gasteiger charge is -1.97. The second kappa shape index (κ2) is 3.57. The number of aldehydes is 1. The van der Waals surface area contributed by atoms with E-state index in [0.29, 0.717) is 11.3 Å². The van der Waals surface area contributed by atoms with E-state index < -0.39 is 0 Å². The molecule has 2 rings (SSSR count). The highest BCUT2D eigenvalue weighted by molar-refractivity contribution is 5.73. The number of rotatable bonds is 3. The maximum absolute atomic E-state index is 10.5. The lowest BCUT2D eigenvalue weighted by Crippen LogP contribution is -1.94. The van der Waals surface area contributed by atoms with Crippen molar-refractivity contribution in [3.05, 3.63) is 29.7 Å². The van der Waals surface area contributed by atoms with Gasteiger partial charge in [-0.25, -0.2) is 9.50 Å². The first-order valence-corrected chi connectivity index (χ1v) is 4.63. The highest BCUT2D eigenvalue weighted by atomic mass is 16.1. The molecule has 0 saturated heterocycles. The Morgan fingerprint density at radius 1 is 1.57 bits per heavy atom. The van der Waals surface area contributed by atoms with Gasteiger partial charge in [0.1, 0.15) is 5.69 Å². The SMILES string of the molecule is CCCc1cnc2cc(C=O)nn2c1. The first kappa shape index (κ1) is 8.87. The van der Waals surface area contributed by atoms with Crippen LogP contribution in [0.25, 0.3) is 5.65 Å². The van der Waals surface area contributed by atoms with Gasteiger partial charge in [0.05, 0.1) is 0 Å². The number of nitrogens with zero attached hydrogens (tertiary/aromatic N) is 3. The molecule has 0 unspecified atom stereocenters. The highest BCUT2D eigenvalue weighted by Gasteiger charge is 2.01. The molecule has 0 saturated carbocycles. The Labute approximate surface area is 81.6 Å². The predicted octanol–water partition coefficient (Wildman–Crippen LogP) is 1.49. The molecule has 14 heavy (non-hydrogen) atoms. The second-order valence-corrected chi connectivity index (χ2v) is 3.20. The Balaban J connectivity index is 2.48. The lowest BCUT2D eigenvalue weighted by molar-refractivity contribution is 0.111. The number of carbonyl (C=O) groups excluding carboxylic acids is 1. The van der Waals surface area contributed by atoms with Crippen LogP contribution in [0.5, 0.6) is 0 Å². The number of aromatic nitrogens is 3. The van der Waals surface area contributed by atoms with Gasteiger partial charge in [-0.15, -0.1) is 0 Å². The second-order valence-electron chi connectivity index (χ2n) is 3.20. The van der Waals surface area contributed by atoms with Crippen molar-refractivity contribution >= 4 is 11.9 Å². The molecule has 0 fully saturated rings. The lowest BCUT2D eigenvalue weighted by atomic mass is 10.2. The van der Waals surface area contributed by atoms with E-state index >= 15 is 0 Å². The third-order valence-electron chi connectivity index (χ3n) is 2.05. The summed E-state index contributed by atoms with van der Waals surface area (Å²) in [6.45, 7) is 2.12. The van der Waals surface area contributed by atoms with Crippen molar-refractivity contribution in [3.8, 4) is 0 Å². The Morgan fingerprint density at radius 2 is 2.43 bits per heavy atom. The van der Waals surface area contributed by atoms with E-state index in [-0.39, 0.29) is 0 Å². The van der Waals surface area contributed by atoms with Gasteiger partial charge < -0.3 is 0 Å². The summed E-state index contributed by atoms with van der Waals surface area (Å²) in [6, 6.07) is 1.67. The maximum Gasteiger partial charge on any atom is 0.170 e. The van der Waals surface area contributed by atoms with Gasteiger partial charge in [0.15, 0.2) is 11.9 Å². The van der Waals surface area contributed by atoms with Crippen molar-refractivity contribution in [1.29, 1.82) is 0 Å². The van der Waals surface area contributed by atoms with Gasteiger partial charge in [-0.2, -0.15) is 5.10 Å². The molecule has 0 aliphatic carbocycles. The van der Waals surface area contributed by atoms with Gasteiger partial charge in [-0.05, 0) is 12.0 Å². The van der Waals surface area contributed by atoms with Crippen molar-refractivity contribution < 1.29 is 4.79 Å². The van der Waals surface area contributed by atoms with Crippen LogP contribution in [0.3, 0.4) is 0 Å². The van der Waals surface area contributed by atoms with Gasteiger partial charge in [-0.1, -0.05) is 13.3 Å². The molecule has 0 radical (unpaired) electrons. The van der Waals surface area contributed by atoms with Crippen molar-refractivity contribution in [2.45, 2.75) is 19.8 Å². The van der Waals surface area contributed by atoms with Crippen LogP contribution in [-0.2, 0) is 6.42 Å². The van der Waals surface area contributed by atoms with Crippen LogP contribution in [-0.4, -0.2) is 20.9 Å². The zero-order chi connectivity index (χ0) is 9.97. The Kier molecular flexibility index (Phi) is 2.26. The fourth-order valence-electron chi connectivity index (χ4n) is 1.41. The third kappa shape index (κ3) is 1.51. The molecule has 2 aromatic rings. The van der Waals surface area contributed by atoms with Gasteiger partial charge in [0, 0.05) is 18.5 Å². The van der Waals surface area contributed by atoms with E-state index in [0.717, 1.165) is 24.7 Å². The summed E-state index contributed by atoms with van der Waals surface area (Å²) in [5.41, 5.74) is 2.28. The molecular weight excluding hydrogens is 178 g/mol. The number of carbonyl (C=O) groups is 1. The molecule has 0 spiro atoms. The van der Waals surface area contributed by atoms with Crippen molar-refractivity contribution in [3.63, 3.8) is 0 Å². The van der Waals surface area contributed by atoms with Gasteiger partial charge in [0.2, 0.25) is 0 Å². The zero-order valence-corrected chi connectivity index (χ0v) is 7.97. The molecular formula is C10H11N3O. The minimum Gasteiger partial charge on any atom is -0.296 e. The van der Waals surface area contributed by atoms with Crippen molar-refractivity contribution in [1.82, 2.24) is 14.6 Å². The zero-order valence-electron chi connectivity index (χ0n) is 7.97. The fraction of sp³-hybridized carbons (Fsp3) is 0.300. The largest absolute Gasteiger partial charge is 0.296 e. The topological polar surface area (TPSA) is 47.3 Å². The molecule has 0 atom stereocenters. The van der Waals surface area contributed by atoms with Gasteiger partial charge >= 0.3 is 0 Å². The monoisotopic (exact) mass is 189 g/mol. The summed E-state index contributed by atoms with van der Waals surface area (Å²) in [6.07, 6.45) is 6.54. The molecule has 0 bridgehead atoms. The predicted molar refractivity (Wildman–Crippen MR) is 52.4 cm³/mol. The molecule has 2 aromatic heterocycles. The molecule has 0 aromatic carbocycles. The number of hydrogen-bond donors (Lipinski definition) is 0. The first-order valence-electron chi connectivity index (χ1n) is 4.63. The van der Waals surface area contributed by atoms with Gasteiger partial charge in [0.25, 0.3) is 0 Å². The van der Waals surface area contributed by atoms with E-state index in [9.17, 15) is 4.79 Å². The third-order valence-corrected chi connectivity index (χ3v) is 2.05. The summed E-state index contributed by atoms with van der Waals surface area (Å²) < 4.78 is 1.65. The van der Waals surface area contributed by atoms with Crippen molar-refractivity contribution in [2.24, 2.45) is 0 Å².